The summed E-state index contributed by atoms with van der Waals surface area (Å²) in [4.78, 5) is 14.2. The van der Waals surface area contributed by atoms with Crippen molar-refractivity contribution in [3.63, 3.8) is 0 Å². The Kier molecular flexibility index (Phi) is 1.89. The lowest BCUT2D eigenvalue weighted by Gasteiger charge is -1.96. The van der Waals surface area contributed by atoms with Crippen LogP contribution in [0.4, 0.5) is 5.69 Å². The summed E-state index contributed by atoms with van der Waals surface area (Å²) < 4.78 is 1.55. The monoisotopic (exact) mass is 211 g/mol. The summed E-state index contributed by atoms with van der Waals surface area (Å²) in [7, 11) is 0. The summed E-state index contributed by atoms with van der Waals surface area (Å²) in [5.41, 5.74) is 1.27. The fourth-order valence-electron chi connectivity index (χ4n) is 1.27. The molecule has 2 rings (SSSR count). The number of hydrogen-bond donors (Lipinski definition) is 0. The molecule has 14 heavy (non-hydrogen) atoms. The quantitative estimate of drug-likeness (QED) is 0.537. The van der Waals surface area contributed by atoms with Crippen LogP contribution < -0.4 is 0 Å². The van der Waals surface area contributed by atoms with Crippen LogP contribution in [0.2, 0.25) is 5.02 Å². The molecule has 0 fully saturated rings. The van der Waals surface area contributed by atoms with Crippen molar-refractivity contribution in [3.8, 4) is 0 Å². The molecule has 0 aliphatic rings. The molecule has 0 aliphatic heterocycles. The Labute approximate surface area is 84.1 Å². The molecule has 2 aromatic heterocycles. The molecule has 0 aromatic carbocycles. The smallest absolute Gasteiger partial charge is 0.287 e. The van der Waals surface area contributed by atoms with Crippen molar-refractivity contribution in [2.75, 3.05) is 0 Å². The molecular weight excluding hydrogens is 206 g/mol. The van der Waals surface area contributed by atoms with E-state index in [4.69, 9.17) is 11.6 Å². The second-order valence-corrected chi connectivity index (χ2v) is 3.32. The van der Waals surface area contributed by atoms with Gasteiger partial charge in [-0.15, -0.1) is 0 Å². The number of aryl methyl sites for hydroxylation is 1. The normalized spacial score (nSPS) is 10.7. The molecule has 0 atom stereocenters. The van der Waals surface area contributed by atoms with E-state index in [9.17, 15) is 10.1 Å². The maximum Gasteiger partial charge on any atom is 0.287 e. The van der Waals surface area contributed by atoms with Crippen LogP contribution in [0.3, 0.4) is 0 Å². The first-order valence-electron chi connectivity index (χ1n) is 3.87. The summed E-state index contributed by atoms with van der Waals surface area (Å²) in [6.07, 6.45) is 3.08. The van der Waals surface area contributed by atoms with Crippen LogP contribution in [0.25, 0.3) is 5.65 Å². The lowest BCUT2D eigenvalue weighted by molar-refractivity contribution is -0.385. The standard InChI is InChI=1S/C8H6ClN3O2/c1-5-3-11-4-6(12(13)14)2-7(9)8(11)10-5/h2-4H,1H3. The third kappa shape index (κ3) is 1.31. The molecule has 2 aromatic rings. The molecule has 0 saturated heterocycles. The maximum atomic E-state index is 10.5. The van der Waals surface area contributed by atoms with E-state index < -0.39 is 4.92 Å². The van der Waals surface area contributed by atoms with Crippen molar-refractivity contribution in [1.29, 1.82) is 0 Å². The number of hydrogen-bond acceptors (Lipinski definition) is 3. The summed E-state index contributed by atoms with van der Waals surface area (Å²) in [5.74, 6) is 0. The van der Waals surface area contributed by atoms with Crippen LogP contribution in [0.5, 0.6) is 0 Å². The molecule has 5 nitrogen and oxygen atoms in total. The average Bonchev–Trinajstić information content (AvgIpc) is 2.45. The van der Waals surface area contributed by atoms with Crippen molar-refractivity contribution in [2.24, 2.45) is 0 Å². The molecule has 72 valence electrons. The Bertz CT molecular complexity index is 521. The SMILES string of the molecule is Cc1cn2cc([N+](=O)[O-])cc(Cl)c2n1. The molecule has 0 N–H and O–H groups in total. The van der Waals surface area contributed by atoms with Crippen LogP contribution in [0, 0.1) is 17.0 Å². The topological polar surface area (TPSA) is 60.4 Å². The second kappa shape index (κ2) is 2.95. The third-order valence-corrected chi connectivity index (χ3v) is 2.10. The van der Waals surface area contributed by atoms with Crippen molar-refractivity contribution in [1.82, 2.24) is 9.38 Å². The van der Waals surface area contributed by atoms with Gasteiger partial charge in [-0.25, -0.2) is 4.98 Å². The van der Waals surface area contributed by atoms with Gasteiger partial charge in [-0.1, -0.05) is 11.6 Å². The van der Waals surface area contributed by atoms with E-state index in [1.807, 2.05) is 0 Å². The number of nitro groups is 1. The Morgan fingerprint density at radius 3 is 2.93 bits per heavy atom. The second-order valence-electron chi connectivity index (χ2n) is 2.92. The van der Waals surface area contributed by atoms with Gasteiger partial charge in [0, 0.05) is 12.3 Å². The van der Waals surface area contributed by atoms with E-state index in [1.165, 1.54) is 12.3 Å². The Balaban J connectivity index is 2.77. The van der Waals surface area contributed by atoms with Gasteiger partial charge in [0.2, 0.25) is 0 Å². The van der Waals surface area contributed by atoms with Gasteiger partial charge in [0.25, 0.3) is 5.69 Å². The van der Waals surface area contributed by atoms with Crippen LogP contribution in [-0.2, 0) is 0 Å². The predicted molar refractivity (Wildman–Crippen MR) is 51.6 cm³/mol. The average molecular weight is 212 g/mol. The molecule has 0 radical (unpaired) electrons. The van der Waals surface area contributed by atoms with E-state index in [2.05, 4.69) is 4.98 Å². The Morgan fingerprint density at radius 1 is 1.57 bits per heavy atom. The van der Waals surface area contributed by atoms with Crippen LogP contribution >= 0.6 is 11.6 Å². The first-order chi connectivity index (χ1) is 6.58. The zero-order valence-electron chi connectivity index (χ0n) is 7.27. The van der Waals surface area contributed by atoms with Gasteiger partial charge in [-0.3, -0.25) is 14.5 Å². The van der Waals surface area contributed by atoms with E-state index in [1.54, 1.807) is 17.5 Å². The molecule has 0 amide bonds. The number of imidazole rings is 1. The van der Waals surface area contributed by atoms with Crippen molar-refractivity contribution in [3.05, 3.63) is 39.3 Å². The number of rotatable bonds is 1. The maximum absolute atomic E-state index is 10.5. The first kappa shape index (κ1) is 8.96. The molecule has 0 aliphatic carbocycles. The summed E-state index contributed by atoms with van der Waals surface area (Å²) >= 11 is 5.83. The van der Waals surface area contributed by atoms with Gasteiger partial charge in [-0.2, -0.15) is 0 Å². The highest BCUT2D eigenvalue weighted by Gasteiger charge is 2.11. The summed E-state index contributed by atoms with van der Waals surface area (Å²) in [6.45, 7) is 1.80. The van der Waals surface area contributed by atoms with Crippen molar-refractivity contribution < 1.29 is 4.92 Å². The van der Waals surface area contributed by atoms with E-state index in [0.29, 0.717) is 5.65 Å². The van der Waals surface area contributed by atoms with Gasteiger partial charge in [-0.05, 0) is 6.92 Å². The predicted octanol–water partition coefficient (Wildman–Crippen LogP) is 2.20. The zero-order chi connectivity index (χ0) is 10.3. The number of fused-ring (bicyclic) bond motifs is 1. The van der Waals surface area contributed by atoms with Crippen LogP contribution in [-0.4, -0.2) is 14.3 Å². The zero-order valence-corrected chi connectivity index (χ0v) is 8.02. The summed E-state index contributed by atoms with van der Waals surface area (Å²) in [5, 5.41) is 10.8. The highest BCUT2D eigenvalue weighted by atomic mass is 35.5. The largest absolute Gasteiger partial charge is 0.299 e. The lowest BCUT2D eigenvalue weighted by atomic mass is 10.4. The van der Waals surface area contributed by atoms with Gasteiger partial charge >= 0.3 is 0 Å². The molecule has 0 unspecified atom stereocenters. The molecule has 0 saturated carbocycles. The Morgan fingerprint density at radius 2 is 2.29 bits per heavy atom. The van der Waals surface area contributed by atoms with E-state index in [0.717, 1.165) is 5.69 Å². The highest BCUT2D eigenvalue weighted by Crippen LogP contribution is 2.22. The number of halogens is 1. The van der Waals surface area contributed by atoms with Gasteiger partial charge in [0.15, 0.2) is 5.65 Å². The molecule has 0 spiro atoms. The van der Waals surface area contributed by atoms with Crippen LogP contribution in [0.1, 0.15) is 5.69 Å². The van der Waals surface area contributed by atoms with Crippen molar-refractivity contribution >= 4 is 22.9 Å². The van der Waals surface area contributed by atoms with Crippen LogP contribution in [0.15, 0.2) is 18.5 Å². The van der Waals surface area contributed by atoms with E-state index >= 15 is 0 Å². The van der Waals surface area contributed by atoms with Gasteiger partial charge in [0.05, 0.1) is 21.8 Å². The third-order valence-electron chi connectivity index (χ3n) is 1.82. The number of pyridine rings is 1. The van der Waals surface area contributed by atoms with Gasteiger partial charge < -0.3 is 0 Å². The number of nitrogens with zero attached hydrogens (tertiary/aromatic N) is 3. The minimum absolute atomic E-state index is 0.0418. The molecule has 2 heterocycles. The fraction of sp³-hybridized carbons (Fsp3) is 0.125. The van der Waals surface area contributed by atoms with Gasteiger partial charge in [0.1, 0.15) is 0 Å². The first-order valence-corrected chi connectivity index (χ1v) is 4.25. The van der Waals surface area contributed by atoms with E-state index in [-0.39, 0.29) is 10.7 Å². The fourth-order valence-corrected chi connectivity index (χ4v) is 1.52. The minimum atomic E-state index is -0.485. The highest BCUT2D eigenvalue weighted by molar-refractivity contribution is 6.33. The molecular formula is C8H6ClN3O2. The summed E-state index contributed by atoms with van der Waals surface area (Å²) in [6, 6.07) is 1.29. The lowest BCUT2D eigenvalue weighted by Crippen LogP contribution is -1.92. The Hall–Kier alpha value is -1.62. The molecule has 0 bridgehead atoms. The number of aromatic nitrogens is 2. The molecule has 6 heteroatoms. The minimum Gasteiger partial charge on any atom is -0.299 e. The van der Waals surface area contributed by atoms with Crippen molar-refractivity contribution in [2.45, 2.75) is 6.92 Å².